The lowest BCUT2D eigenvalue weighted by Crippen LogP contribution is -2.04. The topological polar surface area (TPSA) is 88.8 Å². The number of hydrogen-bond donors (Lipinski definition) is 3. The first-order valence-electron chi connectivity index (χ1n) is 7.46. The van der Waals surface area contributed by atoms with Crippen molar-refractivity contribution >= 4 is 23.5 Å². The van der Waals surface area contributed by atoms with Gasteiger partial charge in [0.15, 0.2) is 0 Å². The molecule has 0 bridgehead atoms. The average Bonchev–Trinajstić information content (AvgIpc) is 2.91. The highest BCUT2D eigenvalue weighted by atomic mass is 35.5. The lowest BCUT2D eigenvalue weighted by Gasteiger charge is -2.14. The fourth-order valence-corrected chi connectivity index (χ4v) is 2.68. The molecular formula is C17H18ClN5O. The zero-order valence-corrected chi connectivity index (χ0v) is 14.2. The van der Waals surface area contributed by atoms with Gasteiger partial charge < -0.3 is 15.8 Å². The van der Waals surface area contributed by atoms with Crippen LogP contribution in [-0.2, 0) is 6.54 Å². The maximum Gasteiger partial charge on any atom is 0.243 e. The number of aromatic nitrogens is 3. The number of nitrogen functional groups attached to an aromatic ring is 1. The molecule has 0 aliphatic heterocycles. The maximum atomic E-state index is 6.34. The minimum atomic E-state index is 0.253. The molecule has 124 valence electrons. The highest BCUT2D eigenvalue weighted by molar-refractivity contribution is 6.31. The molecule has 7 heteroatoms. The van der Waals surface area contributed by atoms with Crippen molar-refractivity contribution in [1.29, 1.82) is 0 Å². The monoisotopic (exact) mass is 343 g/mol. The number of nitrogens with zero attached hydrogens (tertiary/aromatic N) is 2. The fourth-order valence-electron chi connectivity index (χ4n) is 2.45. The van der Waals surface area contributed by atoms with Crippen LogP contribution in [-0.4, -0.2) is 15.2 Å². The smallest absolute Gasteiger partial charge is 0.243 e. The van der Waals surface area contributed by atoms with E-state index in [0.29, 0.717) is 23.3 Å². The third kappa shape index (κ3) is 3.78. The number of nitrogens with two attached hydrogens (primary N) is 1. The summed E-state index contributed by atoms with van der Waals surface area (Å²) < 4.78 is 6.05. The first-order chi connectivity index (χ1) is 11.5. The van der Waals surface area contributed by atoms with E-state index in [1.165, 1.54) is 0 Å². The van der Waals surface area contributed by atoms with Gasteiger partial charge in [-0.3, -0.25) is 0 Å². The Bertz CT molecular complexity index is 842. The van der Waals surface area contributed by atoms with Gasteiger partial charge in [-0.1, -0.05) is 23.7 Å². The molecule has 0 radical (unpaired) electrons. The molecule has 0 amide bonds. The van der Waals surface area contributed by atoms with Crippen LogP contribution in [0, 0.1) is 13.8 Å². The summed E-state index contributed by atoms with van der Waals surface area (Å²) in [6.07, 6.45) is 0. The molecule has 2 aromatic carbocycles. The van der Waals surface area contributed by atoms with E-state index >= 15 is 0 Å². The summed E-state index contributed by atoms with van der Waals surface area (Å²) in [5.74, 6) is 2.12. The minimum absolute atomic E-state index is 0.253. The van der Waals surface area contributed by atoms with Gasteiger partial charge in [0, 0.05) is 17.1 Å². The number of benzene rings is 2. The molecule has 0 atom stereocenters. The second-order valence-corrected chi connectivity index (χ2v) is 5.95. The Hall–Kier alpha value is -2.73. The number of anilines is 2. The van der Waals surface area contributed by atoms with Crippen LogP contribution in [0.15, 0.2) is 36.4 Å². The lowest BCUT2D eigenvalue weighted by molar-refractivity contribution is 0.476. The molecule has 1 aromatic heterocycles. The highest BCUT2D eigenvalue weighted by Crippen LogP contribution is 2.31. The Morgan fingerprint density at radius 2 is 1.96 bits per heavy atom. The van der Waals surface area contributed by atoms with E-state index in [-0.39, 0.29) is 5.95 Å². The molecule has 4 N–H and O–H groups in total. The Balaban J connectivity index is 1.83. The lowest BCUT2D eigenvalue weighted by atomic mass is 10.1. The van der Waals surface area contributed by atoms with Gasteiger partial charge in [0.2, 0.25) is 11.9 Å². The van der Waals surface area contributed by atoms with Crippen molar-refractivity contribution < 1.29 is 4.74 Å². The summed E-state index contributed by atoms with van der Waals surface area (Å²) in [6, 6.07) is 11.6. The van der Waals surface area contributed by atoms with Crippen LogP contribution in [0.5, 0.6) is 11.5 Å². The van der Waals surface area contributed by atoms with Crippen molar-refractivity contribution in [2.75, 3.05) is 11.1 Å². The molecule has 1 heterocycles. The standard InChI is InChI=1S/C17H18ClN5O/c1-10-6-11(2)8-12(7-10)24-15-5-3-4-14(18)13(15)9-20-17-21-16(19)22-23-17/h3-8H,9H2,1-2H3,(H4,19,20,21,22,23). The van der Waals surface area contributed by atoms with Crippen molar-refractivity contribution in [3.63, 3.8) is 0 Å². The number of aromatic amines is 1. The summed E-state index contributed by atoms with van der Waals surface area (Å²) in [6.45, 7) is 4.49. The van der Waals surface area contributed by atoms with Gasteiger partial charge in [0.1, 0.15) is 11.5 Å². The molecule has 0 saturated heterocycles. The van der Waals surface area contributed by atoms with E-state index in [1.807, 2.05) is 44.2 Å². The molecular weight excluding hydrogens is 326 g/mol. The summed E-state index contributed by atoms with van der Waals surface area (Å²) in [7, 11) is 0. The zero-order valence-electron chi connectivity index (χ0n) is 13.4. The van der Waals surface area contributed by atoms with Crippen LogP contribution in [0.3, 0.4) is 0 Å². The van der Waals surface area contributed by atoms with Crippen LogP contribution in [0.4, 0.5) is 11.9 Å². The van der Waals surface area contributed by atoms with Gasteiger partial charge in [0.25, 0.3) is 0 Å². The van der Waals surface area contributed by atoms with E-state index in [9.17, 15) is 0 Å². The van der Waals surface area contributed by atoms with Crippen molar-refractivity contribution in [3.8, 4) is 11.5 Å². The second-order valence-electron chi connectivity index (χ2n) is 5.54. The van der Waals surface area contributed by atoms with Crippen molar-refractivity contribution in [2.24, 2.45) is 0 Å². The number of nitrogens with one attached hydrogen (secondary N) is 2. The Morgan fingerprint density at radius 3 is 2.62 bits per heavy atom. The minimum Gasteiger partial charge on any atom is -0.457 e. The molecule has 0 saturated carbocycles. The van der Waals surface area contributed by atoms with Crippen LogP contribution < -0.4 is 15.8 Å². The molecule has 0 fully saturated rings. The summed E-state index contributed by atoms with van der Waals surface area (Å²) in [4.78, 5) is 4.01. The van der Waals surface area contributed by atoms with E-state index in [1.54, 1.807) is 0 Å². The van der Waals surface area contributed by atoms with Crippen LogP contribution in [0.25, 0.3) is 0 Å². The van der Waals surface area contributed by atoms with Gasteiger partial charge in [-0.15, -0.1) is 5.10 Å². The second kappa shape index (κ2) is 6.80. The van der Waals surface area contributed by atoms with Gasteiger partial charge in [-0.05, 0) is 49.2 Å². The zero-order chi connectivity index (χ0) is 17.1. The van der Waals surface area contributed by atoms with Gasteiger partial charge in [-0.25, -0.2) is 5.10 Å². The molecule has 3 aromatic rings. The maximum absolute atomic E-state index is 6.34. The third-order valence-electron chi connectivity index (χ3n) is 3.42. The Morgan fingerprint density at radius 1 is 1.21 bits per heavy atom. The van der Waals surface area contributed by atoms with E-state index in [0.717, 1.165) is 22.4 Å². The molecule has 3 rings (SSSR count). The molecule has 0 aliphatic carbocycles. The molecule has 6 nitrogen and oxygen atoms in total. The van der Waals surface area contributed by atoms with Crippen LogP contribution >= 0.6 is 11.6 Å². The number of H-pyrrole nitrogens is 1. The van der Waals surface area contributed by atoms with Gasteiger partial charge >= 0.3 is 0 Å². The first-order valence-corrected chi connectivity index (χ1v) is 7.84. The SMILES string of the molecule is Cc1cc(C)cc(Oc2cccc(Cl)c2CNc2n[nH]c(N)n2)c1. The predicted molar refractivity (Wildman–Crippen MR) is 95.6 cm³/mol. The van der Waals surface area contributed by atoms with Crippen LogP contribution in [0.1, 0.15) is 16.7 Å². The highest BCUT2D eigenvalue weighted by Gasteiger charge is 2.11. The molecule has 0 spiro atoms. The number of halogens is 1. The largest absolute Gasteiger partial charge is 0.457 e. The quantitative estimate of drug-likeness (QED) is 0.650. The average molecular weight is 344 g/mol. The summed E-state index contributed by atoms with van der Waals surface area (Å²) in [5, 5.41) is 10.2. The Kier molecular flexibility index (Phi) is 4.57. The number of rotatable bonds is 5. The van der Waals surface area contributed by atoms with E-state index in [2.05, 4.69) is 26.6 Å². The first kappa shape index (κ1) is 16.1. The molecule has 0 unspecified atom stereocenters. The summed E-state index contributed by atoms with van der Waals surface area (Å²) >= 11 is 6.34. The molecule has 24 heavy (non-hydrogen) atoms. The van der Waals surface area contributed by atoms with Crippen molar-refractivity contribution in [3.05, 3.63) is 58.1 Å². The van der Waals surface area contributed by atoms with Crippen molar-refractivity contribution in [1.82, 2.24) is 15.2 Å². The van der Waals surface area contributed by atoms with Gasteiger partial charge in [0.05, 0.1) is 0 Å². The van der Waals surface area contributed by atoms with E-state index < -0.39 is 0 Å². The normalized spacial score (nSPS) is 10.6. The van der Waals surface area contributed by atoms with Crippen LogP contribution in [0.2, 0.25) is 5.02 Å². The fraction of sp³-hybridized carbons (Fsp3) is 0.176. The number of aryl methyl sites for hydroxylation is 2. The predicted octanol–water partition coefficient (Wildman–Crippen LogP) is 4.06. The number of ether oxygens (including phenoxy) is 1. The van der Waals surface area contributed by atoms with E-state index in [4.69, 9.17) is 22.1 Å². The summed E-state index contributed by atoms with van der Waals surface area (Å²) in [5.41, 5.74) is 8.62. The molecule has 0 aliphatic rings. The Labute approximate surface area is 145 Å². The third-order valence-corrected chi connectivity index (χ3v) is 3.78. The van der Waals surface area contributed by atoms with Gasteiger partial charge in [-0.2, -0.15) is 4.98 Å². The number of hydrogen-bond acceptors (Lipinski definition) is 5. The van der Waals surface area contributed by atoms with Crippen molar-refractivity contribution in [2.45, 2.75) is 20.4 Å².